The Hall–Kier alpha value is -4.11. The second-order valence-corrected chi connectivity index (χ2v) is 11.1. The molecule has 1 aromatic heterocycles. The van der Waals surface area contributed by atoms with Crippen molar-refractivity contribution >= 4 is 29.3 Å². The Labute approximate surface area is 237 Å². The van der Waals surface area contributed by atoms with E-state index in [2.05, 4.69) is 15.6 Å². The lowest BCUT2D eigenvalue weighted by atomic mass is 9.94. The van der Waals surface area contributed by atoms with Crippen LogP contribution in [0.25, 0.3) is 0 Å². The molecule has 9 heteroatoms. The van der Waals surface area contributed by atoms with Crippen molar-refractivity contribution in [3.8, 4) is 5.75 Å². The molecule has 7 nitrogen and oxygen atoms in total. The number of amides is 1. The van der Waals surface area contributed by atoms with Gasteiger partial charge in [-0.15, -0.1) is 5.10 Å². The Bertz CT molecular complexity index is 1580. The van der Waals surface area contributed by atoms with E-state index in [1.807, 2.05) is 83.1 Å². The lowest BCUT2D eigenvalue weighted by molar-refractivity contribution is -0.113. The third-order valence-electron chi connectivity index (χ3n) is 6.59. The highest BCUT2D eigenvalue weighted by atomic mass is 32.2. The molecule has 0 radical (unpaired) electrons. The Morgan fingerprint density at radius 2 is 1.85 bits per heavy atom. The van der Waals surface area contributed by atoms with Crippen molar-refractivity contribution in [1.82, 2.24) is 14.8 Å². The average molecular weight is 558 g/mol. The molecule has 3 aromatic carbocycles. The first-order valence-electron chi connectivity index (χ1n) is 13.2. The van der Waals surface area contributed by atoms with Gasteiger partial charge in [0.1, 0.15) is 17.6 Å². The molecule has 0 spiro atoms. The summed E-state index contributed by atoms with van der Waals surface area (Å²) >= 11 is 1.34. The summed E-state index contributed by atoms with van der Waals surface area (Å²) in [6, 6.07) is 19.8. The number of fused-ring (bicyclic) bond motifs is 1. The van der Waals surface area contributed by atoms with Crippen LogP contribution in [0.5, 0.6) is 5.75 Å². The van der Waals surface area contributed by atoms with Gasteiger partial charge in [-0.2, -0.15) is 4.98 Å². The lowest BCUT2D eigenvalue weighted by Crippen LogP contribution is -2.31. The van der Waals surface area contributed by atoms with E-state index in [0.29, 0.717) is 33.7 Å². The summed E-state index contributed by atoms with van der Waals surface area (Å²) in [5, 5.41) is 11.6. The molecule has 40 heavy (non-hydrogen) atoms. The van der Waals surface area contributed by atoms with Gasteiger partial charge in [-0.05, 0) is 75.6 Å². The van der Waals surface area contributed by atoms with E-state index in [1.54, 1.807) is 16.8 Å². The molecule has 2 heterocycles. The van der Waals surface area contributed by atoms with Crippen LogP contribution >= 0.6 is 11.8 Å². The maximum absolute atomic E-state index is 14.2. The van der Waals surface area contributed by atoms with Crippen molar-refractivity contribution in [1.29, 1.82) is 0 Å². The molecule has 0 saturated carbocycles. The summed E-state index contributed by atoms with van der Waals surface area (Å²) in [5.74, 6) is 1.15. The number of thioether (sulfide) groups is 1. The Morgan fingerprint density at radius 1 is 1.10 bits per heavy atom. The van der Waals surface area contributed by atoms with Gasteiger partial charge in [0.15, 0.2) is 0 Å². The van der Waals surface area contributed by atoms with E-state index < -0.39 is 6.04 Å². The third kappa shape index (κ3) is 5.89. The van der Waals surface area contributed by atoms with Crippen molar-refractivity contribution < 1.29 is 13.9 Å². The summed E-state index contributed by atoms with van der Waals surface area (Å²) in [4.78, 5) is 18.5. The highest BCUT2D eigenvalue weighted by molar-refractivity contribution is 7.98. The smallest absolute Gasteiger partial charge is 0.255 e. The number of hydrogen-bond acceptors (Lipinski definition) is 6. The molecule has 0 aliphatic carbocycles. The SMILES string of the molecule is CC1=C(C(=O)Nc2ccc(C)cc2C)C(c2ccc(OC(C)C)cc2)n2nc(SCc3ccccc3F)nc2N1. The highest BCUT2D eigenvalue weighted by Gasteiger charge is 2.34. The number of aryl methyl sites for hydroxylation is 2. The molecular formula is C31H32FN5O2S. The van der Waals surface area contributed by atoms with Gasteiger partial charge in [-0.1, -0.05) is 59.8 Å². The number of halogens is 1. The Balaban J connectivity index is 1.50. The molecule has 1 aliphatic heterocycles. The second-order valence-electron chi connectivity index (χ2n) is 10.1. The number of allylic oxidation sites excluding steroid dienone is 1. The van der Waals surface area contributed by atoms with Gasteiger partial charge < -0.3 is 15.4 Å². The average Bonchev–Trinajstić information content (AvgIpc) is 3.31. The fraction of sp³-hybridized carbons (Fsp3) is 0.258. The Kier molecular flexibility index (Phi) is 7.93. The quantitative estimate of drug-likeness (QED) is 0.226. The first-order valence-corrected chi connectivity index (χ1v) is 14.1. The van der Waals surface area contributed by atoms with Crippen molar-refractivity contribution in [3.05, 3.63) is 106 Å². The molecule has 0 fully saturated rings. The van der Waals surface area contributed by atoms with Crippen molar-refractivity contribution in [2.45, 2.75) is 57.7 Å². The van der Waals surface area contributed by atoms with Crippen LogP contribution < -0.4 is 15.4 Å². The molecule has 1 atom stereocenters. The van der Waals surface area contributed by atoms with Crippen LogP contribution in [-0.4, -0.2) is 26.8 Å². The van der Waals surface area contributed by atoms with Crippen LogP contribution in [0.15, 0.2) is 83.2 Å². The predicted octanol–water partition coefficient (Wildman–Crippen LogP) is 7.04. The molecule has 1 unspecified atom stereocenters. The number of benzene rings is 3. The largest absolute Gasteiger partial charge is 0.491 e. The summed E-state index contributed by atoms with van der Waals surface area (Å²) in [6.45, 7) is 9.81. The molecule has 4 aromatic rings. The minimum absolute atomic E-state index is 0.0434. The van der Waals surface area contributed by atoms with Crippen LogP contribution in [0.4, 0.5) is 16.0 Å². The lowest BCUT2D eigenvalue weighted by Gasteiger charge is -2.29. The molecule has 206 valence electrons. The number of carbonyl (C=O) groups excluding carboxylic acids is 1. The number of ether oxygens (including phenoxy) is 1. The molecule has 0 saturated heterocycles. The number of aromatic nitrogens is 3. The number of nitrogens with zero attached hydrogens (tertiary/aromatic N) is 3. The summed E-state index contributed by atoms with van der Waals surface area (Å²) in [7, 11) is 0. The maximum atomic E-state index is 14.2. The maximum Gasteiger partial charge on any atom is 0.255 e. The zero-order valence-corrected chi connectivity index (χ0v) is 24.0. The number of carbonyl (C=O) groups is 1. The molecule has 0 bridgehead atoms. The normalized spacial score (nSPS) is 14.6. The molecule has 2 N–H and O–H groups in total. The monoisotopic (exact) mass is 557 g/mol. The number of rotatable bonds is 8. The number of nitrogens with one attached hydrogen (secondary N) is 2. The van der Waals surface area contributed by atoms with Gasteiger partial charge in [0.05, 0.1) is 11.7 Å². The van der Waals surface area contributed by atoms with E-state index in [4.69, 9.17) is 9.84 Å². The van der Waals surface area contributed by atoms with E-state index >= 15 is 0 Å². The summed E-state index contributed by atoms with van der Waals surface area (Å²) < 4.78 is 21.8. The first-order chi connectivity index (χ1) is 19.2. The van der Waals surface area contributed by atoms with Gasteiger partial charge in [0.25, 0.3) is 5.91 Å². The number of hydrogen-bond donors (Lipinski definition) is 2. The molecular weight excluding hydrogens is 525 g/mol. The van der Waals surface area contributed by atoms with Gasteiger partial charge >= 0.3 is 0 Å². The van der Waals surface area contributed by atoms with Crippen LogP contribution in [0, 0.1) is 19.7 Å². The standard InChI is InChI=1S/C31H32FN5O2S/c1-18(2)39-24-13-11-22(12-14-24)28-27(29(38)34-26-15-10-19(3)16-20(26)4)21(5)33-30-35-31(36-37(28)30)40-17-23-8-6-7-9-25(23)32/h6-16,18,28H,17H2,1-5H3,(H,34,38)(H,33,35,36). The van der Waals surface area contributed by atoms with Gasteiger partial charge in [-0.25, -0.2) is 9.07 Å². The van der Waals surface area contributed by atoms with E-state index in [-0.39, 0.29) is 17.8 Å². The minimum atomic E-state index is -0.537. The zero-order chi connectivity index (χ0) is 28.4. The van der Waals surface area contributed by atoms with Crippen LogP contribution in [0.3, 0.4) is 0 Å². The van der Waals surface area contributed by atoms with Gasteiger partial charge in [-0.3, -0.25) is 4.79 Å². The van der Waals surface area contributed by atoms with Crippen molar-refractivity contribution in [3.63, 3.8) is 0 Å². The summed E-state index contributed by atoms with van der Waals surface area (Å²) in [6.07, 6.45) is 0.0434. The second kappa shape index (κ2) is 11.6. The highest BCUT2D eigenvalue weighted by Crippen LogP contribution is 2.38. The van der Waals surface area contributed by atoms with Crippen LogP contribution in [-0.2, 0) is 10.5 Å². The predicted molar refractivity (Wildman–Crippen MR) is 157 cm³/mol. The van der Waals surface area contributed by atoms with E-state index in [1.165, 1.54) is 17.8 Å². The van der Waals surface area contributed by atoms with Gasteiger partial charge in [0.2, 0.25) is 11.1 Å². The fourth-order valence-corrected chi connectivity index (χ4v) is 5.51. The molecule has 1 amide bonds. The zero-order valence-electron chi connectivity index (χ0n) is 23.2. The van der Waals surface area contributed by atoms with Gasteiger partial charge in [0, 0.05) is 17.1 Å². The van der Waals surface area contributed by atoms with Crippen LogP contribution in [0.1, 0.15) is 49.1 Å². The Morgan fingerprint density at radius 3 is 2.55 bits per heavy atom. The van der Waals surface area contributed by atoms with E-state index in [0.717, 1.165) is 28.1 Å². The minimum Gasteiger partial charge on any atom is -0.491 e. The van der Waals surface area contributed by atoms with Crippen molar-refractivity contribution in [2.24, 2.45) is 0 Å². The topological polar surface area (TPSA) is 81.1 Å². The number of anilines is 2. The molecule has 5 rings (SSSR count). The third-order valence-corrected chi connectivity index (χ3v) is 7.48. The van der Waals surface area contributed by atoms with Crippen molar-refractivity contribution in [2.75, 3.05) is 10.6 Å². The van der Waals surface area contributed by atoms with Crippen LogP contribution in [0.2, 0.25) is 0 Å². The first kappa shape index (κ1) is 27.5. The fourth-order valence-electron chi connectivity index (χ4n) is 4.70. The molecule has 1 aliphatic rings. The summed E-state index contributed by atoms with van der Waals surface area (Å²) in [5.41, 5.74) is 5.50. The van der Waals surface area contributed by atoms with E-state index in [9.17, 15) is 9.18 Å².